The highest BCUT2D eigenvalue weighted by molar-refractivity contribution is 8.06. The SMILES string of the molecule is CN/N=C\C(=N)S(=O)(=O)N(CC1CC1)[C@H]1CCC2=Cc3c(cnn3-c3ccc(F)cc3)C[C@]2(C(=O)c2cc(C(F)(F)F)ccn2)C1. The molecule has 6 rings (SSSR count). The summed E-state index contributed by atoms with van der Waals surface area (Å²) in [5.74, 6) is -0.967. The molecule has 2 N–H and O–H groups in total. The van der Waals surface area contributed by atoms with Crippen LogP contribution in [0.15, 0.2) is 59.5 Å². The largest absolute Gasteiger partial charge is 0.416 e. The Morgan fingerprint density at radius 3 is 2.63 bits per heavy atom. The van der Waals surface area contributed by atoms with E-state index in [9.17, 15) is 30.8 Å². The van der Waals surface area contributed by atoms with E-state index in [0.717, 1.165) is 37.4 Å². The summed E-state index contributed by atoms with van der Waals surface area (Å²) in [4.78, 5) is 18.6. The maximum atomic E-state index is 14.5. The number of benzene rings is 1. The molecule has 242 valence electrons. The summed E-state index contributed by atoms with van der Waals surface area (Å²) in [6.45, 7) is 0.154. The van der Waals surface area contributed by atoms with Crippen LogP contribution in [0.2, 0.25) is 0 Å². The number of rotatable bonds is 9. The summed E-state index contributed by atoms with van der Waals surface area (Å²) in [5.41, 5.74) is 2.09. The van der Waals surface area contributed by atoms with Crippen molar-refractivity contribution in [1.82, 2.24) is 24.5 Å². The molecule has 2 saturated carbocycles. The first-order valence-electron chi connectivity index (χ1n) is 14.8. The van der Waals surface area contributed by atoms with Gasteiger partial charge < -0.3 is 5.43 Å². The van der Waals surface area contributed by atoms with Crippen LogP contribution >= 0.6 is 0 Å². The van der Waals surface area contributed by atoms with Crippen molar-refractivity contribution in [1.29, 1.82) is 5.41 Å². The van der Waals surface area contributed by atoms with Crippen LogP contribution in [0.5, 0.6) is 0 Å². The van der Waals surface area contributed by atoms with Crippen molar-refractivity contribution in [3.8, 4) is 5.69 Å². The predicted octanol–water partition coefficient (Wildman–Crippen LogP) is 5.01. The standard InChI is InChI=1S/C31H31F4N7O3S/c1-37-39-17-28(36)46(44,45)41(18-19-2-3-19)25-7-4-21-13-27-20(16-40-42(27)24-8-5-23(32)6-9-24)14-30(21,15-25)29(43)26-12-22(10-11-38-26)31(33,34)35/h5-6,8-13,16-17,19,25,36-37H,2-4,7,14-15,18H2,1H3/b36-28?,39-17-/t25-,30-/m0/s1. The molecule has 3 aliphatic carbocycles. The van der Waals surface area contributed by atoms with Crippen molar-refractivity contribution >= 4 is 33.1 Å². The number of hydrogen-bond donors (Lipinski definition) is 2. The maximum absolute atomic E-state index is 14.5. The third-order valence-electron chi connectivity index (χ3n) is 8.90. The zero-order chi connectivity index (χ0) is 32.9. The lowest BCUT2D eigenvalue weighted by atomic mass is 9.60. The molecule has 0 spiro atoms. The summed E-state index contributed by atoms with van der Waals surface area (Å²) in [5, 5.41) is 15.7. The van der Waals surface area contributed by atoms with Crippen LogP contribution in [-0.4, -0.2) is 64.2 Å². The number of halogens is 4. The minimum Gasteiger partial charge on any atom is -0.313 e. The van der Waals surface area contributed by atoms with Crippen LogP contribution in [-0.2, 0) is 22.6 Å². The monoisotopic (exact) mass is 657 g/mol. The fraction of sp³-hybridized carbons (Fsp3) is 0.387. The molecule has 2 heterocycles. The van der Waals surface area contributed by atoms with Gasteiger partial charge in [0.2, 0.25) is 0 Å². The Bertz CT molecular complexity index is 1850. The number of allylic oxidation sites excluding steroid dienone is 1. The van der Waals surface area contributed by atoms with Gasteiger partial charge in [0, 0.05) is 25.8 Å². The Balaban J connectivity index is 1.45. The summed E-state index contributed by atoms with van der Waals surface area (Å²) in [6.07, 6.45) is 2.75. The number of nitrogens with zero attached hydrogens (tertiary/aromatic N) is 5. The number of fused-ring (bicyclic) bond motifs is 2. The molecule has 15 heteroatoms. The molecule has 0 unspecified atom stereocenters. The number of carbonyl (C=O) groups excluding carboxylic acids is 1. The quantitative estimate of drug-likeness (QED) is 0.109. The van der Waals surface area contributed by atoms with Crippen molar-refractivity contribution in [3.05, 3.63) is 82.7 Å². The molecule has 10 nitrogen and oxygen atoms in total. The lowest BCUT2D eigenvalue weighted by Gasteiger charge is -2.46. The van der Waals surface area contributed by atoms with Crippen LogP contribution < -0.4 is 5.43 Å². The Kier molecular flexibility index (Phi) is 8.17. The highest BCUT2D eigenvalue weighted by Crippen LogP contribution is 2.52. The van der Waals surface area contributed by atoms with Gasteiger partial charge in [-0.25, -0.2) is 17.5 Å². The molecule has 0 radical (unpaired) electrons. The first-order valence-corrected chi connectivity index (χ1v) is 16.2. The minimum atomic E-state index is -4.70. The molecule has 3 aromatic rings. The Morgan fingerprint density at radius 2 is 1.96 bits per heavy atom. The van der Waals surface area contributed by atoms with Gasteiger partial charge in [-0.15, -0.1) is 0 Å². The molecule has 0 amide bonds. The van der Waals surface area contributed by atoms with Crippen molar-refractivity contribution < 1.29 is 30.8 Å². The number of pyridine rings is 1. The molecular formula is C31H31F4N7O3S. The van der Waals surface area contributed by atoms with Crippen molar-refractivity contribution in [2.24, 2.45) is 16.4 Å². The molecular weight excluding hydrogens is 626 g/mol. The second-order valence-electron chi connectivity index (χ2n) is 11.9. The van der Waals surface area contributed by atoms with Gasteiger partial charge in [0.15, 0.2) is 10.8 Å². The van der Waals surface area contributed by atoms with E-state index >= 15 is 0 Å². The third kappa shape index (κ3) is 5.88. The van der Waals surface area contributed by atoms with Crippen LogP contribution in [0.4, 0.5) is 17.6 Å². The van der Waals surface area contributed by atoms with E-state index in [0.29, 0.717) is 28.9 Å². The van der Waals surface area contributed by atoms with Gasteiger partial charge in [-0.2, -0.15) is 27.7 Å². The molecule has 2 fully saturated rings. The summed E-state index contributed by atoms with van der Waals surface area (Å²) in [7, 11) is -2.85. The van der Waals surface area contributed by atoms with Crippen molar-refractivity contribution in [3.63, 3.8) is 0 Å². The number of aromatic nitrogens is 3. The van der Waals surface area contributed by atoms with E-state index in [4.69, 9.17) is 5.41 Å². The maximum Gasteiger partial charge on any atom is 0.416 e. The van der Waals surface area contributed by atoms with Crippen LogP contribution in [0, 0.1) is 22.6 Å². The number of hydrogen-bond acceptors (Lipinski definition) is 8. The van der Waals surface area contributed by atoms with Crippen molar-refractivity contribution in [2.75, 3.05) is 13.6 Å². The Hall–Kier alpha value is -4.24. The molecule has 2 atom stereocenters. The number of nitrogens with one attached hydrogen (secondary N) is 2. The topological polar surface area (TPSA) is 133 Å². The van der Waals surface area contributed by atoms with Crippen molar-refractivity contribution in [2.45, 2.75) is 50.7 Å². The smallest absolute Gasteiger partial charge is 0.313 e. The van der Waals surface area contributed by atoms with E-state index < -0.39 is 49.9 Å². The highest BCUT2D eigenvalue weighted by Gasteiger charge is 2.52. The minimum absolute atomic E-state index is 0.0286. The van der Waals surface area contributed by atoms with E-state index in [1.54, 1.807) is 29.1 Å². The fourth-order valence-electron chi connectivity index (χ4n) is 6.41. The summed E-state index contributed by atoms with van der Waals surface area (Å²) in [6, 6.07) is 6.52. The van der Waals surface area contributed by atoms with E-state index in [1.165, 1.54) is 23.5 Å². The average Bonchev–Trinajstić information content (AvgIpc) is 3.78. The number of sulfonamides is 1. The average molecular weight is 658 g/mol. The van der Waals surface area contributed by atoms with Crippen LogP contribution in [0.25, 0.3) is 11.8 Å². The normalized spacial score (nSPS) is 21.5. The number of carbonyl (C=O) groups is 1. The summed E-state index contributed by atoms with van der Waals surface area (Å²) < 4.78 is 85.1. The third-order valence-corrected chi connectivity index (χ3v) is 10.6. The lowest BCUT2D eigenvalue weighted by molar-refractivity contribution is -0.137. The second-order valence-corrected chi connectivity index (χ2v) is 13.7. The van der Waals surface area contributed by atoms with Gasteiger partial charge in [0.05, 0.1) is 34.8 Å². The number of hydrazone groups is 1. The van der Waals surface area contributed by atoms with Gasteiger partial charge in [0.25, 0.3) is 10.0 Å². The molecule has 1 aromatic carbocycles. The highest BCUT2D eigenvalue weighted by atomic mass is 32.2. The van der Waals surface area contributed by atoms with E-state index in [2.05, 4.69) is 20.6 Å². The van der Waals surface area contributed by atoms with Gasteiger partial charge in [-0.1, -0.05) is 5.57 Å². The molecule has 0 aliphatic heterocycles. The molecule has 46 heavy (non-hydrogen) atoms. The zero-order valence-electron chi connectivity index (χ0n) is 24.8. The van der Waals surface area contributed by atoms with Crippen LogP contribution in [0.3, 0.4) is 0 Å². The first-order chi connectivity index (χ1) is 21.8. The van der Waals surface area contributed by atoms with Gasteiger partial charge in [0.1, 0.15) is 11.5 Å². The number of alkyl halides is 3. The van der Waals surface area contributed by atoms with Gasteiger partial charge >= 0.3 is 6.18 Å². The molecule has 3 aliphatic rings. The molecule has 2 aromatic heterocycles. The summed E-state index contributed by atoms with van der Waals surface area (Å²) >= 11 is 0. The fourth-order valence-corrected chi connectivity index (χ4v) is 7.83. The predicted molar refractivity (Wildman–Crippen MR) is 162 cm³/mol. The van der Waals surface area contributed by atoms with Gasteiger partial charge in [-0.05, 0) is 92.5 Å². The zero-order valence-corrected chi connectivity index (χ0v) is 25.6. The second kappa shape index (κ2) is 11.8. The number of ketones is 1. The van der Waals surface area contributed by atoms with Gasteiger partial charge in [-0.3, -0.25) is 15.2 Å². The lowest BCUT2D eigenvalue weighted by Crippen LogP contribution is -2.52. The first kappa shape index (κ1) is 31.7. The molecule has 0 saturated heterocycles. The Labute approximate surface area is 262 Å². The van der Waals surface area contributed by atoms with E-state index in [1.807, 2.05) is 0 Å². The van der Waals surface area contributed by atoms with E-state index in [-0.39, 0.29) is 37.4 Å². The van der Waals surface area contributed by atoms with Crippen LogP contribution in [0.1, 0.15) is 59.4 Å². The molecule has 0 bridgehead atoms. The number of Topliss-reactive ketones (excluding diaryl/α,β-unsaturated/α-hetero) is 1. The Morgan fingerprint density at radius 1 is 1.22 bits per heavy atom.